The summed E-state index contributed by atoms with van der Waals surface area (Å²) in [6, 6.07) is 16.9. The molecule has 36 heavy (non-hydrogen) atoms. The lowest BCUT2D eigenvalue weighted by Gasteiger charge is -2.44. The standard InChI is InChI=1S/C30H45Cl2NOSSi/c1-29(2,3)35-26-15-10-9-14-25(26)33-27(21-16-18-23(31)19-17-21)28(22-12-11-13-24(32)20-22)34-36(7,8)30(4,5)6/h11-13,16-20,25-28,33H,9-10,14-15H2,1-8H3/t25?,26?,27-,28+/m1/s1. The van der Waals surface area contributed by atoms with Crippen LogP contribution in [0.3, 0.4) is 0 Å². The molecule has 0 radical (unpaired) electrons. The molecule has 1 fully saturated rings. The summed E-state index contributed by atoms with van der Waals surface area (Å²) >= 11 is 15.0. The van der Waals surface area contributed by atoms with Crippen LogP contribution in [0.4, 0.5) is 0 Å². The van der Waals surface area contributed by atoms with Gasteiger partial charge in [-0.3, -0.25) is 0 Å². The Labute approximate surface area is 235 Å². The van der Waals surface area contributed by atoms with E-state index >= 15 is 0 Å². The summed E-state index contributed by atoms with van der Waals surface area (Å²) in [5, 5.41) is 6.30. The largest absolute Gasteiger partial charge is 0.408 e. The van der Waals surface area contributed by atoms with Crippen LogP contribution in [0.5, 0.6) is 0 Å². The summed E-state index contributed by atoms with van der Waals surface area (Å²) in [6.07, 6.45) is 4.83. The zero-order valence-electron chi connectivity index (χ0n) is 23.3. The molecular weight excluding hydrogens is 521 g/mol. The van der Waals surface area contributed by atoms with Crippen molar-refractivity contribution < 1.29 is 4.43 Å². The van der Waals surface area contributed by atoms with Gasteiger partial charge in [-0.1, -0.05) is 102 Å². The van der Waals surface area contributed by atoms with Gasteiger partial charge in [0.15, 0.2) is 8.32 Å². The first-order chi connectivity index (χ1) is 16.7. The molecule has 6 heteroatoms. The quantitative estimate of drug-likeness (QED) is 0.321. The molecule has 1 N–H and O–H groups in total. The lowest BCUT2D eigenvalue weighted by Crippen LogP contribution is -2.48. The Morgan fingerprint density at radius 3 is 2.11 bits per heavy atom. The number of thioether (sulfide) groups is 1. The van der Waals surface area contributed by atoms with Crippen LogP contribution in [-0.4, -0.2) is 24.4 Å². The minimum atomic E-state index is -2.11. The second kappa shape index (κ2) is 12.1. The second-order valence-corrected chi connectivity index (χ2v) is 20.4. The first kappa shape index (κ1) is 30.1. The van der Waals surface area contributed by atoms with Crippen molar-refractivity contribution in [1.82, 2.24) is 5.32 Å². The molecule has 3 rings (SSSR count). The van der Waals surface area contributed by atoms with E-state index in [4.69, 9.17) is 27.6 Å². The predicted octanol–water partition coefficient (Wildman–Crippen LogP) is 10.2. The Morgan fingerprint density at radius 2 is 1.53 bits per heavy atom. The molecule has 1 aliphatic carbocycles. The maximum atomic E-state index is 7.25. The van der Waals surface area contributed by atoms with E-state index in [-0.39, 0.29) is 21.9 Å². The zero-order chi connectivity index (χ0) is 26.7. The molecule has 200 valence electrons. The Balaban J connectivity index is 2.08. The Kier molecular flexibility index (Phi) is 10.1. The molecule has 2 aromatic rings. The van der Waals surface area contributed by atoms with Crippen molar-refractivity contribution in [2.75, 3.05) is 0 Å². The lowest BCUT2D eigenvalue weighted by molar-refractivity contribution is 0.125. The van der Waals surface area contributed by atoms with Gasteiger partial charge in [-0.15, -0.1) is 0 Å². The highest BCUT2D eigenvalue weighted by Gasteiger charge is 2.42. The summed E-state index contributed by atoms with van der Waals surface area (Å²) in [6.45, 7) is 18.6. The zero-order valence-corrected chi connectivity index (χ0v) is 26.7. The van der Waals surface area contributed by atoms with E-state index in [1.165, 1.54) is 31.2 Å². The van der Waals surface area contributed by atoms with Crippen molar-refractivity contribution in [2.24, 2.45) is 0 Å². The second-order valence-electron chi connectivity index (χ2n) is 12.7. The van der Waals surface area contributed by atoms with Gasteiger partial charge in [0, 0.05) is 26.1 Å². The monoisotopic (exact) mass is 565 g/mol. The van der Waals surface area contributed by atoms with Crippen LogP contribution in [0.1, 0.15) is 90.5 Å². The number of nitrogens with one attached hydrogen (secondary N) is 1. The van der Waals surface area contributed by atoms with Gasteiger partial charge in [0.05, 0.1) is 12.1 Å². The summed E-state index contributed by atoms with van der Waals surface area (Å²) in [5.74, 6) is 0. The maximum Gasteiger partial charge on any atom is 0.193 e. The Morgan fingerprint density at radius 1 is 0.889 bits per heavy atom. The molecule has 2 aromatic carbocycles. The van der Waals surface area contributed by atoms with E-state index < -0.39 is 8.32 Å². The lowest BCUT2D eigenvalue weighted by atomic mass is 9.90. The van der Waals surface area contributed by atoms with Crippen molar-refractivity contribution in [3.05, 3.63) is 69.7 Å². The summed E-state index contributed by atoms with van der Waals surface area (Å²) in [4.78, 5) is 0. The summed E-state index contributed by atoms with van der Waals surface area (Å²) in [7, 11) is -2.11. The average molecular weight is 567 g/mol. The molecule has 1 saturated carbocycles. The molecular formula is C30H45Cl2NOSSi. The fraction of sp³-hybridized carbons (Fsp3) is 0.600. The molecule has 4 atom stereocenters. The third kappa shape index (κ3) is 8.25. The number of hydrogen-bond acceptors (Lipinski definition) is 3. The van der Waals surface area contributed by atoms with Gasteiger partial charge in [0.1, 0.15) is 0 Å². The first-order valence-corrected chi connectivity index (χ1v) is 17.8. The van der Waals surface area contributed by atoms with Gasteiger partial charge in [-0.2, -0.15) is 11.8 Å². The van der Waals surface area contributed by atoms with E-state index in [0.29, 0.717) is 11.3 Å². The predicted molar refractivity (Wildman–Crippen MR) is 163 cm³/mol. The van der Waals surface area contributed by atoms with E-state index in [9.17, 15) is 0 Å². The van der Waals surface area contributed by atoms with Crippen LogP contribution >= 0.6 is 35.0 Å². The van der Waals surface area contributed by atoms with Crippen LogP contribution < -0.4 is 5.32 Å². The van der Waals surface area contributed by atoms with Crippen molar-refractivity contribution in [3.8, 4) is 0 Å². The minimum absolute atomic E-state index is 0.0129. The highest BCUT2D eigenvalue weighted by Crippen LogP contribution is 2.45. The van der Waals surface area contributed by atoms with Gasteiger partial charge < -0.3 is 9.74 Å². The first-order valence-electron chi connectivity index (χ1n) is 13.3. The third-order valence-electron chi connectivity index (χ3n) is 7.54. The molecule has 1 aliphatic rings. The van der Waals surface area contributed by atoms with E-state index in [0.717, 1.165) is 15.6 Å². The molecule has 0 heterocycles. The van der Waals surface area contributed by atoms with Crippen LogP contribution in [0.2, 0.25) is 28.2 Å². The van der Waals surface area contributed by atoms with Crippen molar-refractivity contribution in [3.63, 3.8) is 0 Å². The summed E-state index contributed by atoms with van der Waals surface area (Å²) in [5.41, 5.74) is 2.32. The fourth-order valence-corrected chi connectivity index (χ4v) is 7.81. The van der Waals surface area contributed by atoms with Crippen molar-refractivity contribution in [1.29, 1.82) is 0 Å². The minimum Gasteiger partial charge on any atom is -0.408 e. The van der Waals surface area contributed by atoms with Gasteiger partial charge in [0.25, 0.3) is 0 Å². The maximum absolute atomic E-state index is 7.25. The van der Waals surface area contributed by atoms with Crippen LogP contribution in [-0.2, 0) is 4.43 Å². The molecule has 0 saturated heterocycles. The Bertz CT molecular complexity index is 984. The third-order valence-corrected chi connectivity index (χ3v) is 14.1. The SMILES string of the molecule is CC(C)(C)SC1CCCCC1N[C@H](c1ccc(Cl)cc1)[C@@H](O[Si](C)(C)C(C)(C)C)c1cccc(Cl)c1. The van der Waals surface area contributed by atoms with E-state index in [1.54, 1.807) is 0 Å². The summed E-state index contributed by atoms with van der Waals surface area (Å²) < 4.78 is 7.47. The molecule has 0 bridgehead atoms. The van der Waals surface area contributed by atoms with Crippen molar-refractivity contribution in [2.45, 2.75) is 114 Å². The Hall–Kier alpha value is -0.493. The molecule has 2 unspecified atom stereocenters. The highest BCUT2D eigenvalue weighted by atomic mass is 35.5. The highest BCUT2D eigenvalue weighted by molar-refractivity contribution is 8.01. The number of hydrogen-bond donors (Lipinski definition) is 1. The molecule has 0 spiro atoms. The average Bonchev–Trinajstić information content (AvgIpc) is 2.76. The van der Waals surface area contributed by atoms with Gasteiger partial charge in [-0.05, 0) is 66.4 Å². The fourth-order valence-electron chi connectivity index (χ4n) is 4.65. The van der Waals surface area contributed by atoms with E-state index in [1.807, 2.05) is 24.3 Å². The smallest absolute Gasteiger partial charge is 0.193 e. The van der Waals surface area contributed by atoms with Crippen molar-refractivity contribution >= 4 is 43.3 Å². The number of rotatable bonds is 8. The normalized spacial score (nSPS) is 21.3. The van der Waals surface area contributed by atoms with E-state index in [2.05, 4.69) is 96.0 Å². The molecule has 0 aromatic heterocycles. The van der Waals surface area contributed by atoms with Gasteiger partial charge in [-0.25, -0.2) is 0 Å². The molecule has 2 nitrogen and oxygen atoms in total. The topological polar surface area (TPSA) is 21.3 Å². The number of benzene rings is 2. The van der Waals surface area contributed by atoms with Crippen LogP contribution in [0.25, 0.3) is 0 Å². The van der Waals surface area contributed by atoms with Gasteiger partial charge >= 0.3 is 0 Å². The van der Waals surface area contributed by atoms with Gasteiger partial charge in [0.2, 0.25) is 0 Å². The molecule has 0 amide bonds. The van der Waals surface area contributed by atoms with Crippen LogP contribution in [0, 0.1) is 0 Å². The number of halogens is 2. The van der Waals surface area contributed by atoms with Crippen LogP contribution in [0.15, 0.2) is 48.5 Å². The molecule has 0 aliphatic heterocycles.